The van der Waals surface area contributed by atoms with Crippen LogP contribution in [0.15, 0.2) is 62.3 Å². The van der Waals surface area contributed by atoms with Crippen molar-refractivity contribution in [2.75, 3.05) is 0 Å². The molecule has 192 valence electrons. The number of aliphatic imine (C=N–C) groups is 3. The molecule has 0 amide bonds. The highest BCUT2D eigenvalue weighted by Crippen LogP contribution is 2.26. The second-order valence-electron chi connectivity index (χ2n) is 8.05. The zero-order valence-electron chi connectivity index (χ0n) is 20.9. The third-order valence-electron chi connectivity index (χ3n) is 5.70. The lowest BCUT2D eigenvalue weighted by atomic mass is 9.88. The molecular weight excluding hydrogens is 457 g/mol. The Balaban J connectivity index is 0.000000507. The van der Waals surface area contributed by atoms with Crippen LogP contribution in [0.2, 0.25) is 0 Å². The number of carbonyl (C=O) groups excluding carboxylic acids is 1. The lowest BCUT2D eigenvalue weighted by Gasteiger charge is -2.16. The summed E-state index contributed by atoms with van der Waals surface area (Å²) in [5.41, 5.74) is 8.39. The number of nitrogens with zero attached hydrogens (tertiary/aromatic N) is 3. The number of amidine groups is 1. The first-order chi connectivity index (χ1) is 16.5. The molecular formula is C26H35F3N4O2. The summed E-state index contributed by atoms with van der Waals surface area (Å²) in [4.78, 5) is 23.3. The molecule has 0 aromatic heterocycles. The SMILES string of the molecule is C=NC(=Nc1ccc(OC(F)(F)F)cc1)/C(N=C)=C(\N)C(CC)CC.CCC(C)C(=O)C1=CCC1. The first kappa shape index (κ1) is 29.8. The summed E-state index contributed by atoms with van der Waals surface area (Å²) >= 11 is 0. The van der Waals surface area contributed by atoms with Gasteiger partial charge in [0.2, 0.25) is 0 Å². The third kappa shape index (κ3) is 9.50. The largest absolute Gasteiger partial charge is 0.573 e. The first-order valence-corrected chi connectivity index (χ1v) is 11.6. The Bertz CT molecular complexity index is 960. The van der Waals surface area contributed by atoms with Gasteiger partial charge in [-0.15, -0.1) is 13.2 Å². The van der Waals surface area contributed by atoms with Crippen molar-refractivity contribution in [2.24, 2.45) is 32.5 Å². The summed E-state index contributed by atoms with van der Waals surface area (Å²) in [5, 5.41) is 0. The average Bonchev–Trinajstić information content (AvgIpc) is 2.78. The van der Waals surface area contributed by atoms with Gasteiger partial charge in [-0.2, -0.15) is 0 Å². The van der Waals surface area contributed by atoms with E-state index in [4.69, 9.17) is 5.73 Å². The number of hydrogen-bond donors (Lipinski definition) is 1. The number of rotatable bonds is 10. The number of carbonyl (C=O) groups is 1. The molecule has 9 heteroatoms. The van der Waals surface area contributed by atoms with Gasteiger partial charge in [-0.25, -0.2) is 9.98 Å². The Morgan fingerprint density at radius 1 is 1.09 bits per heavy atom. The van der Waals surface area contributed by atoms with E-state index in [2.05, 4.69) is 46.1 Å². The number of ether oxygens (including phenoxy) is 1. The predicted molar refractivity (Wildman–Crippen MR) is 136 cm³/mol. The van der Waals surface area contributed by atoms with Crippen LogP contribution in [0.1, 0.15) is 59.8 Å². The third-order valence-corrected chi connectivity index (χ3v) is 5.70. The second kappa shape index (κ2) is 14.2. The summed E-state index contributed by atoms with van der Waals surface area (Å²) in [6.07, 6.45) is 2.03. The zero-order chi connectivity index (χ0) is 26.6. The first-order valence-electron chi connectivity index (χ1n) is 11.6. The zero-order valence-corrected chi connectivity index (χ0v) is 20.9. The topological polar surface area (TPSA) is 89.4 Å². The summed E-state index contributed by atoms with van der Waals surface area (Å²) in [5.74, 6) is 0.521. The van der Waals surface area contributed by atoms with Gasteiger partial charge in [0.05, 0.1) is 5.69 Å². The minimum Gasteiger partial charge on any atom is -0.406 e. The molecule has 1 aliphatic rings. The van der Waals surface area contributed by atoms with Crippen molar-refractivity contribution in [1.82, 2.24) is 0 Å². The molecule has 2 rings (SSSR count). The number of Topliss-reactive ketones (excluding diaryl/α,β-unsaturated/α-hetero) is 1. The highest BCUT2D eigenvalue weighted by Gasteiger charge is 2.31. The van der Waals surface area contributed by atoms with Crippen LogP contribution in [0, 0.1) is 11.8 Å². The van der Waals surface area contributed by atoms with Crippen LogP contribution in [0.3, 0.4) is 0 Å². The maximum atomic E-state index is 12.2. The van der Waals surface area contributed by atoms with Crippen molar-refractivity contribution < 1.29 is 22.7 Å². The lowest BCUT2D eigenvalue weighted by molar-refractivity contribution is -0.274. The van der Waals surface area contributed by atoms with Gasteiger partial charge in [0.1, 0.15) is 11.4 Å². The van der Waals surface area contributed by atoms with E-state index >= 15 is 0 Å². The standard InChI is InChI=1S/C17H21F3N4O.C9H14O/c1-5-11(6-2)14(21)15(22-3)16(23-4)24-12-7-9-13(10-8-12)25-17(18,19)20;1-3-7(2)9(10)8-5-4-6-8/h7-11H,3-6,21H2,1-2H3;5,7H,3-4,6H2,1-2H3/b15-14+,24-16?;. The van der Waals surface area contributed by atoms with Crippen LogP contribution in [0.25, 0.3) is 0 Å². The molecule has 0 bridgehead atoms. The summed E-state index contributed by atoms with van der Waals surface area (Å²) in [7, 11) is 0. The molecule has 0 fully saturated rings. The van der Waals surface area contributed by atoms with Gasteiger partial charge in [0.15, 0.2) is 11.6 Å². The fourth-order valence-electron chi connectivity index (χ4n) is 3.24. The number of benzene rings is 1. The Labute approximate surface area is 205 Å². The normalized spacial score (nSPS) is 15.1. The van der Waals surface area contributed by atoms with Gasteiger partial charge in [0.25, 0.3) is 0 Å². The number of nitrogens with two attached hydrogens (primary N) is 1. The maximum Gasteiger partial charge on any atom is 0.573 e. The van der Waals surface area contributed by atoms with Crippen LogP contribution < -0.4 is 10.5 Å². The fourth-order valence-corrected chi connectivity index (χ4v) is 3.24. The van der Waals surface area contributed by atoms with Crippen LogP contribution >= 0.6 is 0 Å². The molecule has 0 heterocycles. The molecule has 1 aromatic carbocycles. The lowest BCUT2D eigenvalue weighted by Crippen LogP contribution is -2.17. The van der Waals surface area contributed by atoms with Crippen molar-refractivity contribution in [3.63, 3.8) is 0 Å². The van der Waals surface area contributed by atoms with Gasteiger partial charge in [-0.1, -0.05) is 33.8 Å². The van der Waals surface area contributed by atoms with E-state index in [1.165, 1.54) is 12.1 Å². The van der Waals surface area contributed by atoms with E-state index in [0.29, 0.717) is 22.9 Å². The highest BCUT2D eigenvalue weighted by atomic mass is 19.4. The molecule has 6 nitrogen and oxygen atoms in total. The van der Waals surface area contributed by atoms with Gasteiger partial charge < -0.3 is 10.5 Å². The van der Waals surface area contributed by atoms with Gasteiger partial charge in [-0.3, -0.25) is 9.79 Å². The van der Waals surface area contributed by atoms with Crippen molar-refractivity contribution in [2.45, 2.75) is 66.2 Å². The molecule has 2 N–H and O–H groups in total. The molecule has 0 radical (unpaired) electrons. The number of hydrogen-bond acceptors (Lipinski definition) is 5. The Hall–Kier alpha value is -3.23. The molecule has 1 aliphatic carbocycles. The molecule has 0 saturated carbocycles. The monoisotopic (exact) mass is 492 g/mol. The van der Waals surface area contributed by atoms with Crippen molar-refractivity contribution in [1.29, 1.82) is 0 Å². The molecule has 0 saturated heterocycles. The number of allylic oxidation sites excluding steroid dienone is 3. The van der Waals surface area contributed by atoms with Crippen LogP contribution in [0.5, 0.6) is 5.75 Å². The van der Waals surface area contributed by atoms with E-state index in [9.17, 15) is 18.0 Å². The van der Waals surface area contributed by atoms with Gasteiger partial charge in [0, 0.05) is 17.5 Å². The molecule has 1 atom stereocenters. The predicted octanol–water partition coefficient (Wildman–Crippen LogP) is 6.94. The Morgan fingerprint density at radius 2 is 1.66 bits per heavy atom. The van der Waals surface area contributed by atoms with E-state index in [-0.39, 0.29) is 23.4 Å². The smallest absolute Gasteiger partial charge is 0.406 e. The van der Waals surface area contributed by atoms with E-state index in [0.717, 1.165) is 49.8 Å². The molecule has 0 spiro atoms. The van der Waals surface area contributed by atoms with E-state index < -0.39 is 6.36 Å². The van der Waals surface area contributed by atoms with Gasteiger partial charge >= 0.3 is 6.36 Å². The number of halogens is 3. The Kier molecular flexibility index (Phi) is 12.1. The highest BCUT2D eigenvalue weighted by molar-refractivity contribution is 6.03. The summed E-state index contributed by atoms with van der Waals surface area (Å²) in [6, 6.07) is 5.03. The second-order valence-corrected chi connectivity index (χ2v) is 8.05. The van der Waals surface area contributed by atoms with Crippen molar-refractivity contribution in [3.8, 4) is 5.75 Å². The Morgan fingerprint density at radius 3 is 2.03 bits per heavy atom. The minimum atomic E-state index is -4.74. The molecule has 0 aliphatic heterocycles. The summed E-state index contributed by atoms with van der Waals surface area (Å²) in [6.45, 7) is 15.0. The molecule has 1 aromatic rings. The van der Waals surface area contributed by atoms with Crippen LogP contribution in [0.4, 0.5) is 18.9 Å². The number of alkyl halides is 3. The molecule has 1 unspecified atom stereocenters. The number of ketones is 1. The van der Waals surface area contributed by atoms with E-state index in [1.54, 1.807) is 0 Å². The quantitative estimate of drug-likeness (QED) is 0.283. The van der Waals surface area contributed by atoms with Gasteiger partial charge in [-0.05, 0) is 75.4 Å². The fraction of sp³-hybridized carbons (Fsp3) is 0.462. The van der Waals surface area contributed by atoms with Crippen LogP contribution in [-0.4, -0.2) is 31.4 Å². The summed E-state index contributed by atoms with van der Waals surface area (Å²) < 4.78 is 40.3. The maximum absolute atomic E-state index is 12.2. The molecule has 35 heavy (non-hydrogen) atoms. The minimum absolute atomic E-state index is 0.0926. The average molecular weight is 493 g/mol. The van der Waals surface area contributed by atoms with Crippen molar-refractivity contribution in [3.05, 3.63) is 47.3 Å². The van der Waals surface area contributed by atoms with E-state index in [1.807, 2.05) is 20.8 Å². The van der Waals surface area contributed by atoms with Crippen LogP contribution in [-0.2, 0) is 4.79 Å². The van der Waals surface area contributed by atoms with Crippen molar-refractivity contribution >= 4 is 30.7 Å².